The zero-order valence-corrected chi connectivity index (χ0v) is 18.1. The fourth-order valence-electron chi connectivity index (χ4n) is 2.64. The van der Waals surface area contributed by atoms with Gasteiger partial charge in [-0.2, -0.15) is 0 Å². The van der Waals surface area contributed by atoms with Crippen LogP contribution in [0.15, 0.2) is 0 Å². The molecule has 0 aromatic rings. The van der Waals surface area contributed by atoms with E-state index in [2.05, 4.69) is 15.5 Å². The molecule has 9 nitrogen and oxygen atoms in total. The highest BCUT2D eigenvalue weighted by molar-refractivity contribution is 5.78. The standard InChI is InChI=1S/C20H37N3O6/c1-19(2,10-22-16(24)8-7-15(29-21)18(26)27)12-28-13-20(3,4)11-23-17(25)9-14-5-6-14/h14-15H,5-13,21H2,1-4H3,(H,22,24)(H,23,25)(H,26,27). The minimum atomic E-state index is -1.19. The van der Waals surface area contributed by atoms with Crippen molar-refractivity contribution in [1.82, 2.24) is 10.6 Å². The molecule has 2 amide bonds. The van der Waals surface area contributed by atoms with Crippen LogP contribution >= 0.6 is 0 Å². The molecule has 0 bridgehead atoms. The Morgan fingerprint density at radius 3 is 2.00 bits per heavy atom. The van der Waals surface area contributed by atoms with Crippen molar-refractivity contribution in [3.05, 3.63) is 0 Å². The molecule has 1 unspecified atom stereocenters. The normalized spacial score (nSPS) is 15.6. The van der Waals surface area contributed by atoms with Crippen LogP contribution in [0.2, 0.25) is 0 Å². The second-order valence-electron chi connectivity index (χ2n) is 9.52. The summed E-state index contributed by atoms with van der Waals surface area (Å²) in [7, 11) is 0. The molecular weight excluding hydrogens is 378 g/mol. The van der Waals surface area contributed by atoms with Gasteiger partial charge >= 0.3 is 5.97 Å². The largest absolute Gasteiger partial charge is 0.479 e. The summed E-state index contributed by atoms with van der Waals surface area (Å²) in [5.74, 6) is 4.12. The van der Waals surface area contributed by atoms with Crippen molar-refractivity contribution in [1.29, 1.82) is 0 Å². The number of carboxylic acids is 1. The van der Waals surface area contributed by atoms with Gasteiger partial charge in [0.1, 0.15) is 0 Å². The molecule has 168 valence electrons. The predicted octanol–water partition coefficient (Wildman–Crippen LogP) is 1.21. The Labute approximate surface area is 173 Å². The average Bonchev–Trinajstić information content (AvgIpc) is 3.42. The van der Waals surface area contributed by atoms with E-state index in [1.54, 1.807) is 0 Å². The third kappa shape index (κ3) is 11.8. The first-order valence-electron chi connectivity index (χ1n) is 10.1. The van der Waals surface area contributed by atoms with Crippen molar-refractivity contribution >= 4 is 17.8 Å². The van der Waals surface area contributed by atoms with Crippen molar-refractivity contribution in [2.45, 2.75) is 65.9 Å². The summed E-state index contributed by atoms with van der Waals surface area (Å²) in [5, 5.41) is 14.6. The maximum atomic E-state index is 11.9. The van der Waals surface area contributed by atoms with E-state index < -0.39 is 12.1 Å². The van der Waals surface area contributed by atoms with Gasteiger partial charge in [-0.1, -0.05) is 27.7 Å². The molecule has 1 rings (SSSR count). The number of carbonyl (C=O) groups is 3. The van der Waals surface area contributed by atoms with Gasteiger partial charge in [-0.05, 0) is 25.2 Å². The molecule has 0 saturated heterocycles. The second kappa shape index (κ2) is 11.5. The van der Waals surface area contributed by atoms with E-state index in [1.165, 1.54) is 0 Å². The minimum absolute atomic E-state index is 0.00918. The van der Waals surface area contributed by atoms with Gasteiger partial charge in [0, 0.05) is 36.8 Å². The molecule has 1 aliphatic carbocycles. The lowest BCUT2D eigenvalue weighted by molar-refractivity contribution is -0.151. The van der Waals surface area contributed by atoms with Crippen molar-refractivity contribution in [3.63, 3.8) is 0 Å². The lowest BCUT2D eigenvalue weighted by Crippen LogP contribution is -2.40. The zero-order chi connectivity index (χ0) is 22.1. The summed E-state index contributed by atoms with van der Waals surface area (Å²) in [6.07, 6.45) is 1.77. The van der Waals surface area contributed by atoms with E-state index >= 15 is 0 Å². The van der Waals surface area contributed by atoms with Gasteiger partial charge in [-0.25, -0.2) is 10.7 Å². The number of ether oxygens (including phenoxy) is 1. The number of rotatable bonds is 15. The van der Waals surface area contributed by atoms with Gasteiger partial charge in [0.05, 0.1) is 13.2 Å². The lowest BCUT2D eigenvalue weighted by atomic mass is 9.93. The van der Waals surface area contributed by atoms with Crippen LogP contribution in [-0.4, -0.2) is 55.3 Å². The van der Waals surface area contributed by atoms with Gasteiger partial charge in [0.25, 0.3) is 0 Å². The maximum absolute atomic E-state index is 11.9. The third-order valence-electron chi connectivity index (χ3n) is 4.76. The number of aliphatic carboxylic acids is 1. The Kier molecular flexibility index (Phi) is 10.0. The highest BCUT2D eigenvalue weighted by Crippen LogP contribution is 2.32. The van der Waals surface area contributed by atoms with Gasteiger partial charge < -0.3 is 20.5 Å². The van der Waals surface area contributed by atoms with Crippen LogP contribution in [-0.2, 0) is 24.0 Å². The first-order chi connectivity index (χ1) is 13.4. The van der Waals surface area contributed by atoms with Gasteiger partial charge in [0.15, 0.2) is 6.10 Å². The Balaban J connectivity index is 2.22. The first kappa shape index (κ1) is 25.3. The van der Waals surface area contributed by atoms with Gasteiger partial charge in [-0.3, -0.25) is 14.4 Å². The summed E-state index contributed by atoms with van der Waals surface area (Å²) in [4.78, 5) is 38.9. The Bertz CT molecular complexity index is 560. The molecule has 0 aliphatic heterocycles. The fraction of sp³-hybridized carbons (Fsp3) is 0.850. The smallest absolute Gasteiger partial charge is 0.334 e. The monoisotopic (exact) mass is 415 g/mol. The summed E-state index contributed by atoms with van der Waals surface area (Å²) in [5.41, 5.74) is -0.482. The van der Waals surface area contributed by atoms with E-state index in [1.807, 2.05) is 27.7 Å². The summed E-state index contributed by atoms with van der Waals surface area (Å²) >= 11 is 0. The van der Waals surface area contributed by atoms with E-state index in [9.17, 15) is 14.4 Å². The number of amides is 2. The Hall–Kier alpha value is -1.71. The van der Waals surface area contributed by atoms with E-state index in [4.69, 9.17) is 15.7 Å². The predicted molar refractivity (Wildman–Crippen MR) is 108 cm³/mol. The van der Waals surface area contributed by atoms with Crippen LogP contribution in [0.1, 0.15) is 59.8 Å². The van der Waals surface area contributed by atoms with Crippen LogP contribution in [0, 0.1) is 16.7 Å². The first-order valence-corrected chi connectivity index (χ1v) is 10.1. The highest BCUT2D eigenvalue weighted by atomic mass is 16.6. The molecule has 0 aromatic carbocycles. The maximum Gasteiger partial charge on any atom is 0.334 e. The summed E-state index contributed by atoms with van der Waals surface area (Å²) in [6.45, 7) is 9.91. The molecular formula is C20H37N3O6. The lowest BCUT2D eigenvalue weighted by Gasteiger charge is -2.29. The van der Waals surface area contributed by atoms with Gasteiger partial charge in [-0.15, -0.1) is 0 Å². The van der Waals surface area contributed by atoms with E-state index in [0.29, 0.717) is 38.6 Å². The van der Waals surface area contributed by atoms with Crippen LogP contribution in [0.25, 0.3) is 0 Å². The Morgan fingerprint density at radius 2 is 1.55 bits per heavy atom. The third-order valence-corrected chi connectivity index (χ3v) is 4.76. The molecule has 0 radical (unpaired) electrons. The van der Waals surface area contributed by atoms with Crippen LogP contribution in [0.4, 0.5) is 0 Å². The molecule has 0 aromatic heterocycles. The zero-order valence-electron chi connectivity index (χ0n) is 18.1. The molecule has 1 atom stereocenters. The SMILES string of the molecule is CC(C)(CNC(=O)CCC(ON)C(=O)O)COCC(C)(C)CNC(=O)CC1CC1. The van der Waals surface area contributed by atoms with Crippen molar-refractivity contribution in [2.75, 3.05) is 26.3 Å². The van der Waals surface area contributed by atoms with E-state index in [-0.39, 0.29) is 35.5 Å². The van der Waals surface area contributed by atoms with Crippen molar-refractivity contribution in [2.24, 2.45) is 22.6 Å². The number of carbonyl (C=O) groups excluding carboxylic acids is 2. The van der Waals surface area contributed by atoms with E-state index in [0.717, 1.165) is 12.8 Å². The number of nitrogens with one attached hydrogen (secondary N) is 2. The molecule has 0 heterocycles. The van der Waals surface area contributed by atoms with Crippen LogP contribution in [0.3, 0.4) is 0 Å². The molecule has 1 aliphatic rings. The molecule has 5 N–H and O–H groups in total. The van der Waals surface area contributed by atoms with Gasteiger partial charge in [0.2, 0.25) is 11.8 Å². The highest BCUT2D eigenvalue weighted by Gasteiger charge is 2.27. The molecule has 1 fully saturated rings. The second-order valence-corrected chi connectivity index (χ2v) is 9.52. The average molecular weight is 416 g/mol. The molecule has 9 heteroatoms. The number of hydrogen-bond donors (Lipinski definition) is 4. The topological polar surface area (TPSA) is 140 Å². The van der Waals surface area contributed by atoms with Crippen LogP contribution in [0.5, 0.6) is 0 Å². The van der Waals surface area contributed by atoms with Crippen LogP contribution < -0.4 is 16.5 Å². The Morgan fingerprint density at radius 1 is 1.03 bits per heavy atom. The summed E-state index contributed by atoms with van der Waals surface area (Å²) in [6, 6.07) is 0. The number of nitrogens with two attached hydrogens (primary N) is 1. The molecule has 29 heavy (non-hydrogen) atoms. The van der Waals surface area contributed by atoms with Crippen molar-refractivity contribution < 1.29 is 29.1 Å². The number of carboxylic acid groups (broad SMARTS) is 1. The molecule has 0 spiro atoms. The summed E-state index contributed by atoms with van der Waals surface area (Å²) < 4.78 is 5.85. The van der Waals surface area contributed by atoms with Crippen molar-refractivity contribution in [3.8, 4) is 0 Å². The molecule has 1 saturated carbocycles. The minimum Gasteiger partial charge on any atom is -0.479 e. The quantitative estimate of drug-likeness (QED) is 0.295. The fourth-order valence-corrected chi connectivity index (χ4v) is 2.64. The number of hydrogen-bond acceptors (Lipinski definition) is 6.